The van der Waals surface area contributed by atoms with Crippen molar-refractivity contribution >= 4 is 39.0 Å². The molecule has 0 atom stereocenters. The summed E-state index contributed by atoms with van der Waals surface area (Å²) < 4.78 is 45.3. The Morgan fingerprint density at radius 3 is 2.57 bits per heavy atom. The van der Waals surface area contributed by atoms with E-state index < -0.39 is 29.2 Å². The predicted octanol–water partition coefficient (Wildman–Crippen LogP) is 5.20. The number of aromatic nitrogens is 2. The molecule has 0 spiro atoms. The summed E-state index contributed by atoms with van der Waals surface area (Å²) in [5.74, 6) is -1.59. The minimum atomic E-state index is -4.62. The molecule has 2 aromatic carbocycles. The molecule has 0 aliphatic carbocycles. The number of esters is 1. The van der Waals surface area contributed by atoms with Crippen molar-refractivity contribution in [3.63, 3.8) is 0 Å². The number of aryl methyl sites for hydroxylation is 1. The molecule has 2 heterocycles. The number of anilines is 1. The van der Waals surface area contributed by atoms with Crippen molar-refractivity contribution in [1.29, 1.82) is 0 Å². The number of fused-ring (bicyclic) bond motifs is 1. The predicted molar refractivity (Wildman–Crippen MR) is 125 cm³/mol. The molecule has 35 heavy (non-hydrogen) atoms. The lowest BCUT2D eigenvalue weighted by Gasteiger charge is -2.11. The zero-order valence-corrected chi connectivity index (χ0v) is 19.3. The van der Waals surface area contributed by atoms with Gasteiger partial charge in [0.15, 0.2) is 5.69 Å². The van der Waals surface area contributed by atoms with E-state index in [0.29, 0.717) is 5.69 Å². The molecule has 7 nitrogen and oxygen atoms in total. The first kappa shape index (κ1) is 24.1. The van der Waals surface area contributed by atoms with Gasteiger partial charge in [-0.05, 0) is 49.7 Å². The molecule has 11 heteroatoms. The Labute approximate surface area is 200 Å². The van der Waals surface area contributed by atoms with Crippen LogP contribution in [0, 0.1) is 6.92 Å². The number of ether oxygens (including phenoxy) is 1. The van der Waals surface area contributed by atoms with E-state index in [1.165, 1.54) is 11.4 Å². The van der Waals surface area contributed by atoms with Crippen LogP contribution in [-0.4, -0.2) is 28.3 Å². The summed E-state index contributed by atoms with van der Waals surface area (Å²) in [4.78, 5) is 38.8. The molecule has 4 rings (SSSR count). The summed E-state index contributed by atoms with van der Waals surface area (Å²) in [6.45, 7) is 3.53. The second kappa shape index (κ2) is 9.34. The van der Waals surface area contributed by atoms with Gasteiger partial charge >= 0.3 is 12.1 Å². The fourth-order valence-electron chi connectivity index (χ4n) is 3.44. The van der Waals surface area contributed by atoms with Crippen molar-refractivity contribution in [1.82, 2.24) is 9.78 Å². The van der Waals surface area contributed by atoms with Gasteiger partial charge in [-0.3, -0.25) is 9.59 Å². The Morgan fingerprint density at radius 1 is 1.14 bits per heavy atom. The van der Waals surface area contributed by atoms with E-state index in [1.807, 2.05) is 13.0 Å². The normalized spacial score (nSPS) is 11.5. The van der Waals surface area contributed by atoms with E-state index in [1.54, 1.807) is 25.1 Å². The summed E-state index contributed by atoms with van der Waals surface area (Å²) in [6, 6.07) is 10.8. The lowest BCUT2D eigenvalue weighted by atomic mass is 10.1. The van der Waals surface area contributed by atoms with E-state index in [2.05, 4.69) is 10.4 Å². The molecule has 4 aromatic rings. The summed E-state index contributed by atoms with van der Waals surface area (Å²) in [7, 11) is 0. The second-order valence-electron chi connectivity index (χ2n) is 7.51. The SMILES string of the molecule is CCOC(=O)c1nn(-c2cccc(C)c2)c(=O)c2c(NC(=O)c3cccc(C(F)(F)F)c3)scc12. The van der Waals surface area contributed by atoms with E-state index in [9.17, 15) is 27.6 Å². The van der Waals surface area contributed by atoms with Crippen molar-refractivity contribution in [2.45, 2.75) is 20.0 Å². The number of thiophene rings is 1. The summed E-state index contributed by atoms with van der Waals surface area (Å²) >= 11 is 0.951. The number of alkyl halides is 3. The molecule has 0 aliphatic heterocycles. The molecule has 0 saturated heterocycles. The van der Waals surface area contributed by atoms with Crippen molar-refractivity contribution in [3.8, 4) is 5.69 Å². The fraction of sp³-hybridized carbons (Fsp3) is 0.167. The Morgan fingerprint density at radius 2 is 1.89 bits per heavy atom. The van der Waals surface area contributed by atoms with Crippen LogP contribution in [-0.2, 0) is 10.9 Å². The second-order valence-corrected chi connectivity index (χ2v) is 8.39. The Hall–Kier alpha value is -3.99. The van der Waals surface area contributed by atoms with Gasteiger partial charge in [0.2, 0.25) is 0 Å². The smallest absolute Gasteiger partial charge is 0.416 e. The van der Waals surface area contributed by atoms with Gasteiger partial charge in [0.05, 0.1) is 23.2 Å². The van der Waals surface area contributed by atoms with Gasteiger partial charge < -0.3 is 10.1 Å². The van der Waals surface area contributed by atoms with Crippen LogP contribution in [0.4, 0.5) is 18.2 Å². The minimum Gasteiger partial charge on any atom is -0.461 e. The first-order chi connectivity index (χ1) is 16.6. The van der Waals surface area contributed by atoms with Crippen LogP contribution in [0.25, 0.3) is 16.5 Å². The van der Waals surface area contributed by atoms with E-state index >= 15 is 0 Å². The fourth-order valence-corrected chi connectivity index (χ4v) is 4.37. The molecule has 2 aromatic heterocycles. The first-order valence-electron chi connectivity index (χ1n) is 10.4. The van der Waals surface area contributed by atoms with Crippen molar-refractivity contribution in [2.75, 3.05) is 11.9 Å². The zero-order valence-electron chi connectivity index (χ0n) is 18.5. The van der Waals surface area contributed by atoms with Gasteiger partial charge in [-0.2, -0.15) is 23.0 Å². The molecular weight excluding hydrogens is 483 g/mol. The zero-order chi connectivity index (χ0) is 25.3. The number of carbonyl (C=O) groups excluding carboxylic acids is 2. The molecule has 0 unspecified atom stereocenters. The first-order valence-corrected chi connectivity index (χ1v) is 11.3. The molecule has 0 bridgehead atoms. The quantitative estimate of drug-likeness (QED) is 0.380. The van der Waals surface area contributed by atoms with Crippen molar-refractivity contribution in [3.05, 3.63) is 86.6 Å². The van der Waals surface area contributed by atoms with Crippen LogP contribution in [0.2, 0.25) is 0 Å². The largest absolute Gasteiger partial charge is 0.461 e. The summed E-state index contributed by atoms with van der Waals surface area (Å²) in [5, 5.41) is 8.43. The topological polar surface area (TPSA) is 90.3 Å². The van der Waals surface area contributed by atoms with Crippen molar-refractivity contribution < 1.29 is 27.5 Å². The van der Waals surface area contributed by atoms with Crippen LogP contribution in [0.1, 0.15) is 38.9 Å². The Kier molecular flexibility index (Phi) is 6.44. The number of benzene rings is 2. The van der Waals surface area contributed by atoms with Gasteiger partial charge in [-0.1, -0.05) is 18.2 Å². The minimum absolute atomic E-state index is 0.00474. The lowest BCUT2D eigenvalue weighted by molar-refractivity contribution is -0.137. The molecule has 1 N–H and O–H groups in total. The van der Waals surface area contributed by atoms with Gasteiger partial charge in [-0.25, -0.2) is 4.79 Å². The highest BCUT2D eigenvalue weighted by molar-refractivity contribution is 7.16. The van der Waals surface area contributed by atoms with Gasteiger partial charge in [0.1, 0.15) is 5.00 Å². The molecule has 0 radical (unpaired) electrons. The van der Waals surface area contributed by atoms with E-state index in [4.69, 9.17) is 4.74 Å². The van der Waals surface area contributed by atoms with E-state index in [-0.39, 0.29) is 33.6 Å². The maximum absolute atomic E-state index is 13.4. The van der Waals surface area contributed by atoms with Crippen LogP contribution in [0.15, 0.2) is 58.7 Å². The molecule has 1 amide bonds. The molecule has 0 fully saturated rings. The van der Waals surface area contributed by atoms with Crippen molar-refractivity contribution in [2.24, 2.45) is 0 Å². The highest BCUT2D eigenvalue weighted by Crippen LogP contribution is 2.32. The maximum Gasteiger partial charge on any atom is 0.416 e. The number of hydrogen-bond acceptors (Lipinski definition) is 6. The van der Waals surface area contributed by atoms with Crippen LogP contribution in [0.3, 0.4) is 0 Å². The van der Waals surface area contributed by atoms with Gasteiger partial charge in [0.25, 0.3) is 11.5 Å². The molecular formula is C24H18F3N3O4S. The Bertz CT molecular complexity index is 1510. The number of nitrogens with one attached hydrogen (secondary N) is 1. The summed E-state index contributed by atoms with van der Waals surface area (Å²) in [6.07, 6.45) is -4.62. The third-order valence-electron chi connectivity index (χ3n) is 5.05. The Balaban J connectivity index is 1.85. The monoisotopic (exact) mass is 501 g/mol. The van der Waals surface area contributed by atoms with Gasteiger partial charge in [0, 0.05) is 16.3 Å². The number of nitrogens with zero attached hydrogens (tertiary/aromatic N) is 2. The average molecular weight is 501 g/mol. The van der Waals surface area contributed by atoms with E-state index in [0.717, 1.165) is 39.8 Å². The third kappa shape index (κ3) is 4.80. The van der Waals surface area contributed by atoms with Crippen LogP contribution >= 0.6 is 11.3 Å². The average Bonchev–Trinajstić information content (AvgIpc) is 3.23. The third-order valence-corrected chi connectivity index (χ3v) is 5.94. The summed E-state index contributed by atoms with van der Waals surface area (Å²) in [5.41, 5.74) is -0.712. The number of halogens is 3. The molecule has 0 saturated carbocycles. The highest BCUT2D eigenvalue weighted by Gasteiger charge is 2.31. The lowest BCUT2D eigenvalue weighted by Crippen LogP contribution is -2.25. The highest BCUT2D eigenvalue weighted by atomic mass is 32.1. The maximum atomic E-state index is 13.4. The van der Waals surface area contributed by atoms with Crippen LogP contribution < -0.4 is 10.9 Å². The number of amides is 1. The standard InChI is InChI=1S/C24H18F3N3O4S/c1-3-34-23(33)19-17-12-35-21(28-20(31)14-7-5-8-15(11-14)24(25,26)27)18(17)22(32)30(29-19)16-9-4-6-13(2)10-16/h4-12H,3H2,1-2H3,(H,28,31). The number of rotatable bonds is 5. The molecule has 180 valence electrons. The molecule has 0 aliphatic rings. The van der Waals surface area contributed by atoms with Gasteiger partial charge in [-0.15, -0.1) is 11.3 Å². The number of hydrogen-bond donors (Lipinski definition) is 1. The number of carbonyl (C=O) groups is 2. The van der Waals surface area contributed by atoms with Crippen LogP contribution in [0.5, 0.6) is 0 Å².